The molecular formula is C12H12O3S. The molecule has 0 saturated carbocycles. The van der Waals surface area contributed by atoms with Crippen molar-refractivity contribution in [3.63, 3.8) is 0 Å². The molecule has 1 saturated heterocycles. The lowest BCUT2D eigenvalue weighted by molar-refractivity contribution is -0.139. The van der Waals surface area contributed by atoms with Crippen molar-refractivity contribution >= 4 is 22.8 Å². The maximum Gasteiger partial charge on any atom is 0.315 e. The lowest BCUT2D eigenvalue weighted by Gasteiger charge is -2.07. The molecule has 1 aliphatic heterocycles. The van der Waals surface area contributed by atoms with Gasteiger partial charge in [-0.1, -0.05) is 29.5 Å². The minimum Gasteiger partial charge on any atom is -0.426 e. The monoisotopic (exact) mass is 236 g/mol. The molecule has 0 amide bonds. The van der Waals surface area contributed by atoms with Gasteiger partial charge in [-0.3, -0.25) is 9.59 Å². The molecule has 0 N–H and O–H groups in total. The molecule has 1 atom stereocenters. The molecule has 1 aromatic rings. The van der Waals surface area contributed by atoms with Crippen LogP contribution in [-0.2, 0) is 9.59 Å². The second-order valence-corrected chi connectivity index (χ2v) is 4.90. The van der Waals surface area contributed by atoms with Crippen LogP contribution in [0.4, 0.5) is 0 Å². The van der Waals surface area contributed by atoms with Crippen LogP contribution in [0.3, 0.4) is 0 Å². The maximum absolute atomic E-state index is 11.7. The average molecular weight is 236 g/mol. The zero-order chi connectivity index (χ0) is 11.5. The number of rotatable bonds is 2. The van der Waals surface area contributed by atoms with E-state index in [0.29, 0.717) is 17.9 Å². The second-order valence-electron chi connectivity index (χ2n) is 3.82. The Morgan fingerprint density at radius 3 is 2.62 bits per heavy atom. The summed E-state index contributed by atoms with van der Waals surface area (Å²) in [5.41, 5.74) is 1.12. The molecule has 1 unspecified atom stereocenters. The normalized spacial score (nSPS) is 19.8. The molecule has 1 aliphatic rings. The Balaban J connectivity index is 1.97. The first-order valence-electron chi connectivity index (χ1n) is 5.09. The summed E-state index contributed by atoms with van der Waals surface area (Å²) in [6, 6.07) is 7.29. The molecule has 1 aromatic carbocycles. The van der Waals surface area contributed by atoms with E-state index in [-0.39, 0.29) is 17.0 Å². The Bertz CT molecular complexity index is 411. The minimum atomic E-state index is -0.304. The summed E-state index contributed by atoms with van der Waals surface area (Å²) < 4.78 is 5.20. The maximum atomic E-state index is 11.7. The first-order chi connectivity index (χ1) is 7.65. The third-order valence-electron chi connectivity index (χ3n) is 2.43. The van der Waals surface area contributed by atoms with Gasteiger partial charge in [-0.2, -0.15) is 0 Å². The lowest BCUT2D eigenvalue weighted by Crippen LogP contribution is -2.20. The number of ether oxygens (including phenoxy) is 1. The van der Waals surface area contributed by atoms with Crippen molar-refractivity contribution in [2.75, 3.05) is 5.75 Å². The number of carbonyl (C=O) groups is 2. The van der Waals surface area contributed by atoms with Gasteiger partial charge in [0.25, 0.3) is 0 Å². The van der Waals surface area contributed by atoms with Crippen molar-refractivity contribution in [3.05, 3.63) is 29.8 Å². The van der Waals surface area contributed by atoms with Crippen molar-refractivity contribution in [1.82, 2.24) is 0 Å². The van der Waals surface area contributed by atoms with E-state index in [9.17, 15) is 9.59 Å². The second kappa shape index (κ2) is 4.70. The number of hydrogen-bond donors (Lipinski definition) is 0. The van der Waals surface area contributed by atoms with Crippen LogP contribution in [0.2, 0.25) is 0 Å². The first-order valence-corrected chi connectivity index (χ1v) is 6.07. The molecule has 0 spiro atoms. The predicted molar refractivity (Wildman–Crippen MR) is 62.4 cm³/mol. The van der Waals surface area contributed by atoms with Gasteiger partial charge in [0, 0.05) is 12.2 Å². The number of carbonyl (C=O) groups excluding carboxylic acids is 2. The van der Waals surface area contributed by atoms with Gasteiger partial charge in [-0.25, -0.2) is 0 Å². The first kappa shape index (κ1) is 11.2. The molecule has 1 fully saturated rings. The number of aryl methyl sites for hydroxylation is 1. The lowest BCUT2D eigenvalue weighted by atomic mass is 10.1. The molecule has 16 heavy (non-hydrogen) atoms. The number of thioether (sulfide) groups is 1. The summed E-state index contributed by atoms with van der Waals surface area (Å²) in [6.45, 7) is 1.97. The van der Waals surface area contributed by atoms with E-state index < -0.39 is 0 Å². The van der Waals surface area contributed by atoms with Crippen LogP contribution in [0.5, 0.6) is 5.75 Å². The molecule has 0 bridgehead atoms. The van der Waals surface area contributed by atoms with E-state index in [1.54, 1.807) is 12.1 Å². The van der Waals surface area contributed by atoms with Crippen LogP contribution in [0.25, 0.3) is 0 Å². The highest BCUT2D eigenvalue weighted by molar-refractivity contribution is 8.14. The molecule has 0 radical (unpaired) electrons. The van der Waals surface area contributed by atoms with Gasteiger partial charge in [0.05, 0.1) is 5.92 Å². The fraction of sp³-hybridized carbons (Fsp3) is 0.333. The number of benzene rings is 1. The highest BCUT2D eigenvalue weighted by atomic mass is 32.2. The quantitative estimate of drug-likeness (QED) is 0.583. The molecular weight excluding hydrogens is 224 g/mol. The van der Waals surface area contributed by atoms with Crippen LogP contribution < -0.4 is 4.74 Å². The Morgan fingerprint density at radius 2 is 2.06 bits per heavy atom. The molecule has 3 nitrogen and oxygen atoms in total. The summed E-state index contributed by atoms with van der Waals surface area (Å²) in [6.07, 6.45) is 0.301. The molecule has 0 aromatic heterocycles. The topological polar surface area (TPSA) is 43.4 Å². The fourth-order valence-electron chi connectivity index (χ4n) is 1.47. The van der Waals surface area contributed by atoms with Gasteiger partial charge in [-0.05, 0) is 19.1 Å². The van der Waals surface area contributed by atoms with Gasteiger partial charge >= 0.3 is 5.97 Å². The molecule has 2 rings (SSSR count). The molecule has 4 heteroatoms. The number of esters is 1. The van der Waals surface area contributed by atoms with E-state index in [2.05, 4.69) is 0 Å². The average Bonchev–Trinajstić information content (AvgIpc) is 2.68. The highest BCUT2D eigenvalue weighted by Crippen LogP contribution is 2.26. The Labute approximate surface area is 98.2 Å². The summed E-state index contributed by atoms with van der Waals surface area (Å²) in [7, 11) is 0. The summed E-state index contributed by atoms with van der Waals surface area (Å²) in [5, 5.41) is 0.0749. The van der Waals surface area contributed by atoms with E-state index in [0.717, 1.165) is 5.56 Å². The van der Waals surface area contributed by atoms with Gasteiger partial charge < -0.3 is 4.74 Å². The van der Waals surface area contributed by atoms with E-state index in [1.807, 2.05) is 19.1 Å². The minimum absolute atomic E-state index is 0.0749. The molecule has 1 heterocycles. The zero-order valence-electron chi connectivity index (χ0n) is 8.93. The fourth-order valence-corrected chi connectivity index (χ4v) is 2.43. The van der Waals surface area contributed by atoms with Gasteiger partial charge in [0.1, 0.15) is 5.75 Å². The SMILES string of the molecule is Cc1ccc(OC(=O)C2CSC(=O)C2)cc1. The third-order valence-corrected chi connectivity index (χ3v) is 3.49. The van der Waals surface area contributed by atoms with E-state index in [4.69, 9.17) is 4.74 Å². The Kier molecular flexibility index (Phi) is 3.29. The van der Waals surface area contributed by atoms with Crippen LogP contribution in [-0.4, -0.2) is 16.8 Å². The third kappa shape index (κ3) is 2.64. The van der Waals surface area contributed by atoms with Crippen molar-refractivity contribution < 1.29 is 14.3 Å². The van der Waals surface area contributed by atoms with Crippen LogP contribution in [0.1, 0.15) is 12.0 Å². The standard InChI is InChI=1S/C12H12O3S/c1-8-2-4-10(5-3-8)15-12(14)9-6-11(13)16-7-9/h2-5,9H,6-7H2,1H3. The molecule has 0 aliphatic carbocycles. The smallest absolute Gasteiger partial charge is 0.315 e. The van der Waals surface area contributed by atoms with Crippen LogP contribution in [0.15, 0.2) is 24.3 Å². The van der Waals surface area contributed by atoms with E-state index in [1.165, 1.54) is 11.8 Å². The molecule has 84 valence electrons. The van der Waals surface area contributed by atoms with Crippen LogP contribution >= 0.6 is 11.8 Å². The summed E-state index contributed by atoms with van der Waals surface area (Å²) >= 11 is 1.21. The highest BCUT2D eigenvalue weighted by Gasteiger charge is 2.30. The van der Waals surface area contributed by atoms with Crippen molar-refractivity contribution in [1.29, 1.82) is 0 Å². The van der Waals surface area contributed by atoms with Gasteiger partial charge in [0.2, 0.25) is 0 Å². The summed E-state index contributed by atoms with van der Waals surface area (Å²) in [4.78, 5) is 22.7. The summed E-state index contributed by atoms with van der Waals surface area (Å²) in [5.74, 6) is 0.504. The Morgan fingerprint density at radius 1 is 1.38 bits per heavy atom. The van der Waals surface area contributed by atoms with Crippen LogP contribution in [0, 0.1) is 12.8 Å². The van der Waals surface area contributed by atoms with Crippen molar-refractivity contribution in [2.45, 2.75) is 13.3 Å². The van der Waals surface area contributed by atoms with Gasteiger partial charge in [0.15, 0.2) is 5.12 Å². The number of hydrogen-bond acceptors (Lipinski definition) is 4. The Hall–Kier alpha value is -1.29. The van der Waals surface area contributed by atoms with Crippen molar-refractivity contribution in [3.8, 4) is 5.75 Å². The predicted octanol–water partition coefficient (Wildman–Crippen LogP) is 2.18. The van der Waals surface area contributed by atoms with Gasteiger partial charge in [-0.15, -0.1) is 0 Å². The zero-order valence-corrected chi connectivity index (χ0v) is 9.75. The van der Waals surface area contributed by atoms with E-state index >= 15 is 0 Å². The van der Waals surface area contributed by atoms with Crippen molar-refractivity contribution in [2.24, 2.45) is 5.92 Å². The largest absolute Gasteiger partial charge is 0.426 e.